The number of nitrogens with one attached hydrogen (secondary N) is 1. The molecule has 82 valence electrons. The van der Waals surface area contributed by atoms with E-state index in [0.29, 0.717) is 6.54 Å². The first kappa shape index (κ1) is 11.2. The van der Waals surface area contributed by atoms with Crippen LogP contribution in [0.5, 0.6) is 5.75 Å². The van der Waals surface area contributed by atoms with Crippen LogP contribution >= 0.6 is 0 Å². The van der Waals surface area contributed by atoms with E-state index >= 15 is 0 Å². The number of anilines is 1. The lowest BCUT2D eigenvalue weighted by atomic mass is 10.2. The van der Waals surface area contributed by atoms with E-state index in [-0.39, 0.29) is 5.84 Å². The molecule has 15 heavy (non-hydrogen) atoms. The minimum atomic E-state index is 0.142. The monoisotopic (exact) mass is 209 g/mol. The number of nitrogens with two attached hydrogens (primary N) is 1. The molecule has 0 aliphatic heterocycles. The van der Waals surface area contributed by atoms with Crippen molar-refractivity contribution in [2.45, 2.75) is 6.92 Å². The highest BCUT2D eigenvalue weighted by Crippen LogP contribution is 2.20. The number of methoxy groups -OCH3 is 1. The fraction of sp³-hybridized carbons (Fsp3) is 0.300. The highest BCUT2D eigenvalue weighted by molar-refractivity contribution is 5.84. The standard InChI is InChI=1S/C10H15N3O2/c1-7-5-8(3-4-9(7)15-2)12-6-10(11)13-14/h3-5,12,14H,6H2,1-2H3,(H2,11,13). The molecule has 0 aliphatic carbocycles. The number of aryl methyl sites for hydroxylation is 1. The van der Waals surface area contributed by atoms with Crippen molar-refractivity contribution < 1.29 is 9.94 Å². The summed E-state index contributed by atoms with van der Waals surface area (Å²) in [5.41, 5.74) is 7.26. The second kappa shape index (κ2) is 5.09. The van der Waals surface area contributed by atoms with Gasteiger partial charge in [-0.05, 0) is 30.7 Å². The van der Waals surface area contributed by atoms with E-state index in [9.17, 15) is 0 Å². The maximum atomic E-state index is 8.35. The van der Waals surface area contributed by atoms with Crippen molar-refractivity contribution in [3.05, 3.63) is 23.8 Å². The Kier molecular flexibility index (Phi) is 3.79. The van der Waals surface area contributed by atoms with Gasteiger partial charge in [0.05, 0.1) is 13.7 Å². The zero-order valence-corrected chi connectivity index (χ0v) is 8.82. The molecule has 0 amide bonds. The summed E-state index contributed by atoms with van der Waals surface area (Å²) in [4.78, 5) is 0. The Balaban J connectivity index is 2.67. The molecular formula is C10H15N3O2. The van der Waals surface area contributed by atoms with Crippen LogP contribution in [0.3, 0.4) is 0 Å². The largest absolute Gasteiger partial charge is 0.496 e. The number of hydrogen-bond acceptors (Lipinski definition) is 4. The van der Waals surface area contributed by atoms with Crippen molar-refractivity contribution in [1.82, 2.24) is 0 Å². The highest BCUT2D eigenvalue weighted by Gasteiger charge is 2.00. The van der Waals surface area contributed by atoms with Gasteiger partial charge in [0.1, 0.15) is 5.75 Å². The molecule has 0 atom stereocenters. The molecular weight excluding hydrogens is 194 g/mol. The Hall–Kier alpha value is -1.91. The fourth-order valence-electron chi connectivity index (χ4n) is 1.22. The van der Waals surface area contributed by atoms with Gasteiger partial charge in [-0.3, -0.25) is 0 Å². The zero-order chi connectivity index (χ0) is 11.3. The van der Waals surface area contributed by atoms with Crippen LogP contribution in [0.2, 0.25) is 0 Å². The lowest BCUT2D eigenvalue weighted by Crippen LogP contribution is -2.22. The van der Waals surface area contributed by atoms with Gasteiger partial charge >= 0.3 is 0 Å². The summed E-state index contributed by atoms with van der Waals surface area (Å²) < 4.78 is 5.13. The second-order valence-electron chi connectivity index (χ2n) is 3.13. The Bertz CT molecular complexity index is 364. The molecule has 1 aromatic rings. The number of ether oxygens (including phenoxy) is 1. The Morgan fingerprint density at radius 2 is 2.33 bits per heavy atom. The number of hydrogen-bond donors (Lipinski definition) is 3. The lowest BCUT2D eigenvalue weighted by Gasteiger charge is -2.08. The van der Waals surface area contributed by atoms with Crippen LogP contribution in [0, 0.1) is 6.92 Å². The average molecular weight is 209 g/mol. The molecule has 0 unspecified atom stereocenters. The first-order chi connectivity index (χ1) is 7.17. The zero-order valence-electron chi connectivity index (χ0n) is 8.82. The molecule has 0 spiro atoms. The number of nitrogens with zero attached hydrogens (tertiary/aromatic N) is 1. The molecule has 0 aromatic heterocycles. The van der Waals surface area contributed by atoms with E-state index in [4.69, 9.17) is 15.7 Å². The summed E-state index contributed by atoms with van der Waals surface area (Å²) in [7, 11) is 1.63. The molecule has 4 N–H and O–H groups in total. The van der Waals surface area contributed by atoms with Gasteiger partial charge in [0.2, 0.25) is 0 Å². The number of rotatable bonds is 4. The van der Waals surface area contributed by atoms with Crippen molar-refractivity contribution >= 4 is 11.5 Å². The molecule has 5 heteroatoms. The Labute approximate surface area is 88.5 Å². The van der Waals surface area contributed by atoms with Crippen LogP contribution in [0.25, 0.3) is 0 Å². The van der Waals surface area contributed by atoms with Gasteiger partial charge in [0.15, 0.2) is 5.84 Å². The molecule has 0 bridgehead atoms. The van der Waals surface area contributed by atoms with Crippen LogP contribution in [-0.2, 0) is 0 Å². The molecule has 0 saturated heterocycles. The van der Waals surface area contributed by atoms with Gasteiger partial charge in [0.25, 0.3) is 0 Å². The summed E-state index contributed by atoms with van der Waals surface area (Å²) in [6.07, 6.45) is 0. The maximum Gasteiger partial charge on any atom is 0.158 e. The fourth-order valence-corrected chi connectivity index (χ4v) is 1.22. The van der Waals surface area contributed by atoms with Gasteiger partial charge in [-0.2, -0.15) is 0 Å². The molecule has 0 heterocycles. The van der Waals surface area contributed by atoms with Crippen LogP contribution in [0.1, 0.15) is 5.56 Å². The minimum absolute atomic E-state index is 0.142. The topological polar surface area (TPSA) is 79.9 Å². The number of benzene rings is 1. The van der Waals surface area contributed by atoms with E-state index in [1.165, 1.54) is 0 Å². The molecule has 1 rings (SSSR count). The third-order valence-corrected chi connectivity index (χ3v) is 2.00. The first-order valence-electron chi connectivity index (χ1n) is 4.52. The quantitative estimate of drug-likeness (QED) is 0.301. The smallest absolute Gasteiger partial charge is 0.158 e. The van der Waals surface area contributed by atoms with E-state index in [1.807, 2.05) is 25.1 Å². The van der Waals surface area contributed by atoms with E-state index in [2.05, 4.69) is 10.5 Å². The Morgan fingerprint density at radius 1 is 1.60 bits per heavy atom. The third kappa shape index (κ3) is 3.05. The summed E-state index contributed by atoms with van der Waals surface area (Å²) in [6, 6.07) is 5.67. The number of amidine groups is 1. The van der Waals surface area contributed by atoms with Gasteiger partial charge in [-0.1, -0.05) is 5.16 Å². The van der Waals surface area contributed by atoms with Crippen molar-refractivity contribution in [2.75, 3.05) is 19.0 Å². The van der Waals surface area contributed by atoms with Gasteiger partial charge < -0.3 is 21.0 Å². The van der Waals surface area contributed by atoms with Crippen LogP contribution in [0.4, 0.5) is 5.69 Å². The first-order valence-corrected chi connectivity index (χ1v) is 4.52. The molecule has 0 aliphatic rings. The average Bonchev–Trinajstić information content (AvgIpc) is 2.26. The van der Waals surface area contributed by atoms with Crippen LogP contribution < -0.4 is 15.8 Å². The number of oxime groups is 1. The second-order valence-corrected chi connectivity index (χ2v) is 3.13. The van der Waals surface area contributed by atoms with E-state index in [0.717, 1.165) is 17.0 Å². The van der Waals surface area contributed by atoms with Gasteiger partial charge in [-0.15, -0.1) is 0 Å². The lowest BCUT2D eigenvalue weighted by molar-refractivity contribution is 0.317. The summed E-state index contributed by atoms with van der Waals surface area (Å²) >= 11 is 0. The Morgan fingerprint density at radius 3 is 2.87 bits per heavy atom. The molecule has 5 nitrogen and oxygen atoms in total. The molecule has 0 saturated carbocycles. The van der Waals surface area contributed by atoms with Crippen LogP contribution in [-0.4, -0.2) is 24.7 Å². The minimum Gasteiger partial charge on any atom is -0.496 e. The van der Waals surface area contributed by atoms with E-state index in [1.54, 1.807) is 7.11 Å². The molecule has 0 fully saturated rings. The predicted octanol–water partition coefficient (Wildman–Crippen LogP) is 1.16. The van der Waals surface area contributed by atoms with Crippen molar-refractivity contribution in [1.29, 1.82) is 0 Å². The van der Waals surface area contributed by atoms with Crippen LogP contribution in [0.15, 0.2) is 23.4 Å². The third-order valence-electron chi connectivity index (χ3n) is 2.00. The summed E-state index contributed by atoms with van der Waals surface area (Å²) in [5, 5.41) is 14.2. The summed E-state index contributed by atoms with van der Waals surface area (Å²) in [5.74, 6) is 0.979. The van der Waals surface area contributed by atoms with Gasteiger partial charge in [-0.25, -0.2) is 0 Å². The van der Waals surface area contributed by atoms with Crippen molar-refractivity contribution in [3.63, 3.8) is 0 Å². The predicted molar refractivity (Wildman–Crippen MR) is 59.6 cm³/mol. The summed E-state index contributed by atoms with van der Waals surface area (Å²) in [6.45, 7) is 2.26. The normalized spacial score (nSPS) is 11.2. The SMILES string of the molecule is COc1ccc(NCC(N)=NO)cc1C. The van der Waals surface area contributed by atoms with E-state index < -0.39 is 0 Å². The molecule has 0 radical (unpaired) electrons. The van der Waals surface area contributed by atoms with Gasteiger partial charge in [0, 0.05) is 5.69 Å². The van der Waals surface area contributed by atoms with Crippen molar-refractivity contribution in [3.8, 4) is 5.75 Å². The van der Waals surface area contributed by atoms with Crippen molar-refractivity contribution in [2.24, 2.45) is 10.9 Å². The maximum absolute atomic E-state index is 8.35. The highest BCUT2D eigenvalue weighted by atomic mass is 16.5. The molecule has 1 aromatic carbocycles.